The zero-order valence-corrected chi connectivity index (χ0v) is 7.59. The van der Waals surface area contributed by atoms with E-state index >= 15 is 0 Å². The second-order valence-corrected chi connectivity index (χ2v) is 3.18. The van der Waals surface area contributed by atoms with E-state index in [-0.39, 0.29) is 6.04 Å². The number of hydrogen-bond donors (Lipinski definition) is 2. The van der Waals surface area contributed by atoms with Gasteiger partial charge in [-0.15, -0.1) is 0 Å². The van der Waals surface area contributed by atoms with Crippen LogP contribution in [0.25, 0.3) is 0 Å². The summed E-state index contributed by atoms with van der Waals surface area (Å²) < 4.78 is 0. The van der Waals surface area contributed by atoms with Crippen LogP contribution in [0.5, 0.6) is 0 Å². The van der Waals surface area contributed by atoms with Gasteiger partial charge in [0.2, 0.25) is 0 Å². The Labute approximate surface area is 77.5 Å². The summed E-state index contributed by atoms with van der Waals surface area (Å²) in [5.41, 5.74) is 12.3. The zero-order chi connectivity index (χ0) is 8.97. The Balaban J connectivity index is 2.73. The fourth-order valence-corrected chi connectivity index (χ4v) is 1.28. The zero-order valence-electron chi connectivity index (χ0n) is 6.83. The molecule has 1 aromatic carbocycles. The fraction of sp³-hybridized carbons (Fsp3) is 0.333. The first kappa shape index (κ1) is 9.52. The van der Waals surface area contributed by atoms with Gasteiger partial charge in [0.15, 0.2) is 0 Å². The minimum absolute atomic E-state index is 0.00806. The van der Waals surface area contributed by atoms with E-state index in [1.165, 1.54) is 0 Å². The minimum Gasteiger partial charge on any atom is -0.330 e. The molecule has 12 heavy (non-hydrogen) atoms. The van der Waals surface area contributed by atoms with Gasteiger partial charge in [0.25, 0.3) is 0 Å². The number of hydrogen-bond acceptors (Lipinski definition) is 2. The molecule has 0 aliphatic carbocycles. The minimum atomic E-state index is 0.00806. The highest BCUT2D eigenvalue weighted by Crippen LogP contribution is 2.17. The van der Waals surface area contributed by atoms with Crippen molar-refractivity contribution in [3.05, 3.63) is 34.9 Å². The van der Waals surface area contributed by atoms with Crippen LogP contribution >= 0.6 is 11.6 Å². The molecule has 0 amide bonds. The Bertz CT molecular complexity index is 250. The third-order valence-electron chi connectivity index (χ3n) is 1.75. The van der Waals surface area contributed by atoms with Crippen molar-refractivity contribution in [2.75, 3.05) is 6.54 Å². The van der Waals surface area contributed by atoms with Gasteiger partial charge in [0.1, 0.15) is 0 Å². The van der Waals surface area contributed by atoms with Crippen LogP contribution in [-0.2, 0) is 0 Å². The average molecular weight is 185 g/mol. The maximum atomic E-state index is 5.84. The summed E-state index contributed by atoms with van der Waals surface area (Å²) in [7, 11) is 0. The lowest BCUT2D eigenvalue weighted by atomic mass is 10.1. The second-order valence-electron chi connectivity index (χ2n) is 2.74. The van der Waals surface area contributed by atoms with E-state index in [2.05, 4.69) is 0 Å². The first-order chi connectivity index (χ1) is 5.74. The van der Waals surface area contributed by atoms with Crippen molar-refractivity contribution < 1.29 is 0 Å². The normalized spacial score (nSPS) is 12.9. The highest BCUT2D eigenvalue weighted by atomic mass is 35.5. The number of halogens is 1. The van der Waals surface area contributed by atoms with E-state index in [4.69, 9.17) is 23.1 Å². The Hall–Kier alpha value is -0.570. The number of rotatable bonds is 3. The lowest BCUT2D eigenvalue weighted by Crippen LogP contribution is -2.15. The first-order valence-electron chi connectivity index (χ1n) is 3.95. The number of benzene rings is 1. The second kappa shape index (κ2) is 4.45. The van der Waals surface area contributed by atoms with Crippen LogP contribution < -0.4 is 11.5 Å². The molecular weight excluding hydrogens is 172 g/mol. The average Bonchev–Trinajstić information content (AvgIpc) is 2.05. The van der Waals surface area contributed by atoms with Crippen molar-refractivity contribution in [1.82, 2.24) is 0 Å². The summed E-state index contributed by atoms with van der Waals surface area (Å²) in [6, 6.07) is 7.58. The van der Waals surface area contributed by atoms with Crippen molar-refractivity contribution in [2.24, 2.45) is 11.5 Å². The summed E-state index contributed by atoms with van der Waals surface area (Å²) in [6.45, 7) is 0.605. The van der Waals surface area contributed by atoms with Crippen LogP contribution in [0, 0.1) is 0 Å². The predicted octanol–water partition coefficient (Wildman–Crippen LogP) is 1.69. The van der Waals surface area contributed by atoms with Gasteiger partial charge in [-0.25, -0.2) is 0 Å². The number of nitrogens with two attached hydrogens (primary N) is 2. The molecule has 4 N–H and O–H groups in total. The van der Waals surface area contributed by atoms with Gasteiger partial charge in [-0.2, -0.15) is 0 Å². The van der Waals surface area contributed by atoms with Gasteiger partial charge >= 0.3 is 0 Å². The van der Waals surface area contributed by atoms with Gasteiger partial charge < -0.3 is 11.5 Å². The van der Waals surface area contributed by atoms with Crippen LogP contribution in [0.1, 0.15) is 18.0 Å². The molecule has 1 rings (SSSR count). The molecule has 0 fully saturated rings. The van der Waals surface area contributed by atoms with Gasteiger partial charge in [-0.3, -0.25) is 0 Å². The van der Waals surface area contributed by atoms with Crippen LogP contribution in [-0.4, -0.2) is 6.54 Å². The highest BCUT2D eigenvalue weighted by Gasteiger charge is 2.03. The fourth-order valence-electron chi connectivity index (χ4n) is 1.08. The van der Waals surface area contributed by atoms with E-state index in [0.29, 0.717) is 6.54 Å². The van der Waals surface area contributed by atoms with E-state index in [1.807, 2.05) is 24.3 Å². The van der Waals surface area contributed by atoms with Gasteiger partial charge in [-0.05, 0) is 30.7 Å². The molecule has 1 atom stereocenters. The van der Waals surface area contributed by atoms with Crippen molar-refractivity contribution in [2.45, 2.75) is 12.5 Å². The van der Waals surface area contributed by atoms with Gasteiger partial charge in [-0.1, -0.05) is 23.7 Å². The maximum absolute atomic E-state index is 5.84. The summed E-state index contributed by atoms with van der Waals surface area (Å²) in [6.07, 6.45) is 0.792. The van der Waals surface area contributed by atoms with Gasteiger partial charge in [0.05, 0.1) is 0 Å². The van der Waals surface area contributed by atoms with Crippen molar-refractivity contribution in [3.63, 3.8) is 0 Å². The molecule has 0 unspecified atom stereocenters. The van der Waals surface area contributed by atoms with Crippen molar-refractivity contribution in [1.29, 1.82) is 0 Å². The smallest absolute Gasteiger partial charge is 0.0409 e. The van der Waals surface area contributed by atoms with Gasteiger partial charge in [0, 0.05) is 11.1 Å². The first-order valence-corrected chi connectivity index (χ1v) is 4.33. The Kier molecular flexibility index (Phi) is 3.53. The summed E-state index contributed by atoms with van der Waals surface area (Å²) >= 11 is 5.80. The van der Waals surface area contributed by atoms with Crippen molar-refractivity contribution >= 4 is 11.6 Å². The van der Waals surface area contributed by atoms with E-state index in [1.54, 1.807) is 0 Å². The Morgan fingerprint density at radius 3 is 2.75 bits per heavy atom. The third kappa shape index (κ3) is 2.48. The molecule has 0 heterocycles. The quantitative estimate of drug-likeness (QED) is 0.751. The molecule has 2 nitrogen and oxygen atoms in total. The maximum Gasteiger partial charge on any atom is 0.0409 e. The molecule has 0 aliphatic heterocycles. The third-order valence-corrected chi connectivity index (χ3v) is 1.99. The van der Waals surface area contributed by atoms with Crippen LogP contribution in [0.2, 0.25) is 5.02 Å². The molecule has 0 aromatic heterocycles. The monoisotopic (exact) mass is 184 g/mol. The molecule has 0 radical (unpaired) electrons. The van der Waals surface area contributed by atoms with E-state index in [9.17, 15) is 0 Å². The Morgan fingerprint density at radius 1 is 1.42 bits per heavy atom. The SMILES string of the molecule is NCC[C@H](N)c1cccc(Cl)c1. The standard InChI is InChI=1S/C9H13ClN2/c10-8-3-1-2-7(6-8)9(12)4-5-11/h1-3,6,9H,4-5,11-12H2/t9-/m0/s1. The summed E-state index contributed by atoms with van der Waals surface area (Å²) in [5.74, 6) is 0. The molecule has 0 aliphatic rings. The molecule has 0 bridgehead atoms. The van der Waals surface area contributed by atoms with Crippen molar-refractivity contribution in [3.8, 4) is 0 Å². The lowest BCUT2D eigenvalue weighted by Gasteiger charge is -2.10. The molecule has 66 valence electrons. The predicted molar refractivity (Wildman–Crippen MR) is 52.1 cm³/mol. The highest BCUT2D eigenvalue weighted by molar-refractivity contribution is 6.30. The summed E-state index contributed by atoms with van der Waals surface area (Å²) in [5, 5.41) is 0.722. The summed E-state index contributed by atoms with van der Waals surface area (Å²) in [4.78, 5) is 0. The molecule has 0 saturated heterocycles. The van der Waals surface area contributed by atoms with Crippen LogP contribution in [0.4, 0.5) is 0 Å². The Morgan fingerprint density at radius 2 is 2.17 bits per heavy atom. The largest absolute Gasteiger partial charge is 0.330 e. The van der Waals surface area contributed by atoms with E-state index in [0.717, 1.165) is 17.0 Å². The van der Waals surface area contributed by atoms with Crippen LogP contribution in [0.3, 0.4) is 0 Å². The molecule has 3 heteroatoms. The van der Waals surface area contributed by atoms with Crippen LogP contribution in [0.15, 0.2) is 24.3 Å². The van der Waals surface area contributed by atoms with E-state index < -0.39 is 0 Å². The molecular formula is C9H13ClN2. The topological polar surface area (TPSA) is 52.0 Å². The molecule has 0 saturated carbocycles. The molecule has 1 aromatic rings. The molecule has 0 spiro atoms. The lowest BCUT2D eigenvalue weighted by molar-refractivity contribution is 0.661.